The highest BCUT2D eigenvalue weighted by Gasteiger charge is 2.41. The summed E-state index contributed by atoms with van der Waals surface area (Å²) >= 11 is 0. The number of hydrogen-bond donors (Lipinski definition) is 1. The Morgan fingerprint density at radius 2 is 2.29 bits per heavy atom. The van der Waals surface area contributed by atoms with Gasteiger partial charge in [-0.25, -0.2) is 4.79 Å². The largest absolute Gasteiger partial charge is 0.440 e. The van der Waals surface area contributed by atoms with Crippen molar-refractivity contribution in [1.82, 2.24) is 5.32 Å². The number of carbonyl (C=O) groups excluding carboxylic acids is 1. The average Bonchev–Trinajstić information content (AvgIpc) is 2.55. The molecule has 4 nitrogen and oxygen atoms in total. The molecule has 1 fully saturated rings. The second-order valence-corrected chi connectivity index (χ2v) is 4.77. The summed E-state index contributed by atoms with van der Waals surface area (Å²) in [6.45, 7) is 5.19. The number of benzene rings is 1. The molecule has 1 saturated heterocycles. The van der Waals surface area contributed by atoms with Gasteiger partial charge in [0.2, 0.25) is 0 Å². The van der Waals surface area contributed by atoms with E-state index in [-0.39, 0.29) is 6.09 Å². The highest BCUT2D eigenvalue weighted by Crippen LogP contribution is 2.27. The van der Waals surface area contributed by atoms with Crippen molar-refractivity contribution in [1.29, 1.82) is 0 Å². The predicted octanol–water partition coefficient (Wildman–Crippen LogP) is 1.93. The van der Waals surface area contributed by atoms with E-state index in [0.717, 1.165) is 11.3 Å². The maximum Gasteiger partial charge on any atom is 0.415 e. The van der Waals surface area contributed by atoms with Gasteiger partial charge in [-0.2, -0.15) is 0 Å². The normalized spacial score (nSPS) is 23.9. The average molecular weight is 234 g/mol. The van der Waals surface area contributed by atoms with Gasteiger partial charge in [0.15, 0.2) is 0 Å². The summed E-state index contributed by atoms with van der Waals surface area (Å²) in [5, 5.41) is 3.05. The van der Waals surface area contributed by atoms with Crippen molar-refractivity contribution in [2.24, 2.45) is 0 Å². The van der Waals surface area contributed by atoms with Gasteiger partial charge in [-0.3, -0.25) is 4.90 Å². The molecule has 1 amide bonds. The smallest absolute Gasteiger partial charge is 0.415 e. The lowest BCUT2D eigenvalue weighted by Crippen LogP contribution is -2.40. The van der Waals surface area contributed by atoms with Gasteiger partial charge in [0, 0.05) is 12.2 Å². The molecule has 1 aliphatic heterocycles. The topological polar surface area (TPSA) is 41.6 Å². The number of hydrogen-bond acceptors (Lipinski definition) is 3. The molecule has 0 aliphatic carbocycles. The van der Waals surface area contributed by atoms with Crippen LogP contribution in [0.1, 0.15) is 12.5 Å². The number of cyclic esters (lactones) is 1. The Morgan fingerprint density at radius 3 is 2.94 bits per heavy atom. The molecule has 1 unspecified atom stereocenters. The number of likely N-dealkylation sites (N-methyl/N-ethyl adjacent to an activating group) is 1. The number of carbonyl (C=O) groups is 1. The minimum atomic E-state index is -0.449. The van der Waals surface area contributed by atoms with E-state index in [1.165, 1.54) is 0 Å². The molecule has 0 saturated carbocycles. The monoisotopic (exact) mass is 234 g/mol. The molecule has 0 spiro atoms. The lowest BCUT2D eigenvalue weighted by molar-refractivity contribution is 0.0734. The fourth-order valence-electron chi connectivity index (χ4n) is 2.16. The molecule has 1 atom stereocenters. The molecule has 1 aromatic rings. The van der Waals surface area contributed by atoms with E-state index in [4.69, 9.17) is 4.74 Å². The van der Waals surface area contributed by atoms with E-state index in [1.54, 1.807) is 4.90 Å². The molecule has 1 aliphatic rings. The summed E-state index contributed by atoms with van der Waals surface area (Å²) in [7, 11) is 1.86. The van der Waals surface area contributed by atoms with Crippen LogP contribution >= 0.6 is 0 Å². The van der Waals surface area contributed by atoms with E-state index in [9.17, 15) is 4.79 Å². The van der Waals surface area contributed by atoms with Crippen LogP contribution in [-0.4, -0.2) is 31.8 Å². The van der Waals surface area contributed by atoms with Crippen molar-refractivity contribution in [2.75, 3.05) is 25.0 Å². The van der Waals surface area contributed by atoms with Gasteiger partial charge < -0.3 is 10.1 Å². The van der Waals surface area contributed by atoms with Crippen molar-refractivity contribution in [2.45, 2.75) is 19.4 Å². The molecule has 17 heavy (non-hydrogen) atoms. The Balaban J connectivity index is 2.21. The molecular formula is C13H18N2O2. The van der Waals surface area contributed by atoms with Gasteiger partial charge >= 0.3 is 6.09 Å². The third kappa shape index (κ3) is 2.42. The van der Waals surface area contributed by atoms with Crippen molar-refractivity contribution in [3.8, 4) is 0 Å². The lowest BCUT2D eigenvalue weighted by Gasteiger charge is -2.21. The van der Waals surface area contributed by atoms with Gasteiger partial charge in [-0.05, 0) is 38.6 Å². The Bertz CT molecular complexity index is 433. The number of rotatable bonds is 3. The van der Waals surface area contributed by atoms with Crippen LogP contribution in [0.5, 0.6) is 0 Å². The van der Waals surface area contributed by atoms with E-state index in [0.29, 0.717) is 13.1 Å². The summed E-state index contributed by atoms with van der Waals surface area (Å²) in [5.41, 5.74) is 1.59. The molecule has 0 aromatic heterocycles. The van der Waals surface area contributed by atoms with Crippen molar-refractivity contribution in [3.05, 3.63) is 29.8 Å². The fourth-order valence-corrected chi connectivity index (χ4v) is 2.16. The SMILES string of the molecule is CNCC1(C)CN(c2cccc(C)c2)C(=O)O1. The zero-order chi connectivity index (χ0) is 12.5. The number of nitrogens with one attached hydrogen (secondary N) is 1. The van der Waals surface area contributed by atoms with E-state index < -0.39 is 5.60 Å². The Hall–Kier alpha value is -1.55. The maximum atomic E-state index is 11.9. The third-order valence-electron chi connectivity index (χ3n) is 2.91. The van der Waals surface area contributed by atoms with Gasteiger partial charge in [-0.1, -0.05) is 12.1 Å². The first kappa shape index (κ1) is 11.9. The van der Waals surface area contributed by atoms with Crippen LogP contribution in [0.2, 0.25) is 0 Å². The van der Waals surface area contributed by atoms with Crippen LogP contribution in [0, 0.1) is 6.92 Å². The molecule has 1 heterocycles. The highest BCUT2D eigenvalue weighted by molar-refractivity contribution is 5.90. The minimum absolute atomic E-state index is 0.270. The Labute approximate surface area is 102 Å². The lowest BCUT2D eigenvalue weighted by atomic mass is 10.1. The first-order valence-electron chi connectivity index (χ1n) is 5.76. The van der Waals surface area contributed by atoms with E-state index in [2.05, 4.69) is 5.32 Å². The third-order valence-corrected chi connectivity index (χ3v) is 2.91. The second-order valence-electron chi connectivity index (χ2n) is 4.77. The first-order valence-corrected chi connectivity index (χ1v) is 5.76. The molecule has 1 aromatic carbocycles. The standard InChI is InChI=1S/C13H18N2O2/c1-10-5-4-6-11(7-10)15-9-13(2,8-14-3)17-12(15)16/h4-7,14H,8-9H2,1-3H3. The molecule has 1 N–H and O–H groups in total. The van der Waals surface area contributed by atoms with Crippen molar-refractivity contribution in [3.63, 3.8) is 0 Å². The fraction of sp³-hybridized carbons (Fsp3) is 0.462. The van der Waals surface area contributed by atoms with Gasteiger partial charge in [0.1, 0.15) is 5.60 Å². The Morgan fingerprint density at radius 1 is 1.53 bits per heavy atom. The molecule has 4 heteroatoms. The number of aryl methyl sites for hydroxylation is 1. The Kier molecular flexibility index (Phi) is 3.07. The van der Waals surface area contributed by atoms with Crippen LogP contribution in [0.25, 0.3) is 0 Å². The minimum Gasteiger partial charge on any atom is -0.440 e. The molecular weight excluding hydrogens is 216 g/mol. The van der Waals surface area contributed by atoms with Crippen molar-refractivity contribution >= 4 is 11.8 Å². The number of anilines is 1. The van der Waals surface area contributed by atoms with Gasteiger partial charge in [0.05, 0.1) is 6.54 Å². The van der Waals surface area contributed by atoms with Crippen LogP contribution in [-0.2, 0) is 4.74 Å². The predicted molar refractivity (Wildman–Crippen MR) is 67.3 cm³/mol. The number of ether oxygens (including phenoxy) is 1. The summed E-state index contributed by atoms with van der Waals surface area (Å²) in [4.78, 5) is 13.5. The van der Waals surface area contributed by atoms with Gasteiger partial charge in [0.25, 0.3) is 0 Å². The van der Waals surface area contributed by atoms with Crippen molar-refractivity contribution < 1.29 is 9.53 Å². The van der Waals surface area contributed by atoms with E-state index >= 15 is 0 Å². The quantitative estimate of drug-likeness (QED) is 0.869. The molecule has 2 rings (SSSR count). The molecule has 92 valence electrons. The molecule has 0 bridgehead atoms. The molecule has 0 radical (unpaired) electrons. The zero-order valence-corrected chi connectivity index (χ0v) is 10.5. The zero-order valence-electron chi connectivity index (χ0n) is 10.5. The number of nitrogens with zero attached hydrogens (tertiary/aromatic N) is 1. The summed E-state index contributed by atoms with van der Waals surface area (Å²) in [5.74, 6) is 0. The van der Waals surface area contributed by atoms with E-state index in [1.807, 2.05) is 45.2 Å². The highest BCUT2D eigenvalue weighted by atomic mass is 16.6. The number of amides is 1. The summed E-state index contributed by atoms with van der Waals surface area (Å²) < 4.78 is 5.42. The summed E-state index contributed by atoms with van der Waals surface area (Å²) in [6, 6.07) is 7.88. The first-order chi connectivity index (χ1) is 8.04. The van der Waals surface area contributed by atoms with Crippen LogP contribution in [0.15, 0.2) is 24.3 Å². The van der Waals surface area contributed by atoms with Gasteiger partial charge in [-0.15, -0.1) is 0 Å². The maximum absolute atomic E-state index is 11.9. The van der Waals surface area contributed by atoms with Crippen LogP contribution in [0.3, 0.4) is 0 Å². The van der Waals surface area contributed by atoms with Crippen LogP contribution in [0.4, 0.5) is 10.5 Å². The second kappa shape index (κ2) is 4.37. The summed E-state index contributed by atoms with van der Waals surface area (Å²) in [6.07, 6.45) is -0.270. The van der Waals surface area contributed by atoms with Crippen LogP contribution < -0.4 is 10.2 Å².